The first-order valence-corrected chi connectivity index (χ1v) is 14.0. The predicted molar refractivity (Wildman–Crippen MR) is 164 cm³/mol. The predicted octanol–water partition coefficient (Wildman–Crippen LogP) is 10.6. The van der Waals surface area contributed by atoms with Gasteiger partial charge in [0.2, 0.25) is 0 Å². The first-order chi connectivity index (χ1) is 19.7. The molecule has 0 radical (unpaired) electrons. The van der Waals surface area contributed by atoms with Crippen molar-refractivity contribution in [2.24, 2.45) is 5.41 Å². The fourth-order valence-electron chi connectivity index (χ4n) is 5.79. The molecule has 0 aliphatic carbocycles. The largest absolute Gasteiger partial charge is 0.394 e. The number of pyridine rings is 1. The van der Waals surface area contributed by atoms with Crippen molar-refractivity contribution in [3.63, 3.8) is 0 Å². The molecule has 0 atom stereocenters. The van der Waals surface area contributed by atoms with E-state index in [4.69, 9.17) is 4.98 Å². The molecule has 2 aromatic heterocycles. The molecule has 6 aromatic rings. The summed E-state index contributed by atoms with van der Waals surface area (Å²) in [4.78, 5) is 4.88. The number of rotatable bonds is 4. The lowest BCUT2D eigenvalue weighted by atomic mass is 9.82. The maximum atomic E-state index is 13.8. The summed E-state index contributed by atoms with van der Waals surface area (Å²) in [6, 6.07) is 26.3. The summed E-state index contributed by atoms with van der Waals surface area (Å²) < 4.78 is 57.1. The maximum absolute atomic E-state index is 13.8. The van der Waals surface area contributed by atoms with E-state index in [1.807, 2.05) is 34.9 Å². The highest BCUT2D eigenvalue weighted by Crippen LogP contribution is 2.42. The Hall–Kier alpha value is -4.19. The van der Waals surface area contributed by atoms with Crippen molar-refractivity contribution >= 4 is 32.6 Å². The number of fused-ring (bicyclic) bond motifs is 4. The summed E-state index contributed by atoms with van der Waals surface area (Å²) in [7, 11) is 0. The van der Waals surface area contributed by atoms with Crippen molar-refractivity contribution < 1.29 is 17.6 Å². The number of halogens is 4. The van der Waals surface area contributed by atoms with Crippen LogP contribution < -0.4 is 0 Å². The summed E-state index contributed by atoms with van der Waals surface area (Å²) >= 11 is 0. The van der Waals surface area contributed by atoms with E-state index in [9.17, 15) is 17.6 Å². The second-order valence-electron chi connectivity index (χ2n) is 12.8. The topological polar surface area (TPSA) is 17.8 Å². The van der Waals surface area contributed by atoms with Crippen molar-refractivity contribution in [2.75, 3.05) is 0 Å². The Morgan fingerprint density at radius 1 is 0.714 bits per heavy atom. The van der Waals surface area contributed by atoms with Gasteiger partial charge >= 0.3 is 6.18 Å². The third-order valence-electron chi connectivity index (χ3n) is 8.18. The van der Waals surface area contributed by atoms with Gasteiger partial charge in [0.15, 0.2) is 0 Å². The Morgan fingerprint density at radius 2 is 1.40 bits per heavy atom. The molecule has 0 bridgehead atoms. The van der Waals surface area contributed by atoms with Gasteiger partial charge in [0.05, 0.1) is 28.3 Å². The van der Waals surface area contributed by atoms with Crippen LogP contribution in [-0.2, 0) is 11.8 Å². The van der Waals surface area contributed by atoms with Gasteiger partial charge in [0.25, 0.3) is 0 Å². The van der Waals surface area contributed by atoms with Crippen molar-refractivity contribution in [2.45, 2.75) is 52.6 Å². The van der Waals surface area contributed by atoms with Crippen molar-refractivity contribution in [3.05, 3.63) is 108 Å². The fraction of sp³-hybridized carbons (Fsp3) is 0.250. The fourth-order valence-corrected chi connectivity index (χ4v) is 5.79. The summed E-state index contributed by atoms with van der Waals surface area (Å²) in [5.74, 6) is -0.345. The number of alkyl halides is 3. The summed E-state index contributed by atoms with van der Waals surface area (Å²) in [5.41, 5.74) is 3.94. The van der Waals surface area contributed by atoms with Crippen LogP contribution in [0.1, 0.15) is 45.7 Å². The molecule has 0 spiro atoms. The summed E-state index contributed by atoms with van der Waals surface area (Å²) in [6.45, 7) is 9.03. The average molecular weight is 569 g/mol. The van der Waals surface area contributed by atoms with Crippen molar-refractivity contribution in [3.8, 4) is 16.9 Å². The van der Waals surface area contributed by atoms with E-state index in [0.717, 1.165) is 44.1 Å². The molecule has 214 valence electrons. The SMILES string of the molecule is CC(C)(C)c1cc(-c2cc3c4cc(CC(C)(C)C(F)(F)F)ccc4n(-c4ccc(F)cc4)c3cn2)cc2ccccc12. The van der Waals surface area contributed by atoms with Crippen LogP contribution in [0.5, 0.6) is 0 Å². The van der Waals surface area contributed by atoms with Crippen LogP contribution in [0.25, 0.3) is 49.5 Å². The number of benzene rings is 4. The monoisotopic (exact) mass is 568 g/mol. The smallest absolute Gasteiger partial charge is 0.308 e. The molecule has 2 nitrogen and oxygen atoms in total. The number of hydrogen-bond donors (Lipinski definition) is 0. The zero-order valence-corrected chi connectivity index (χ0v) is 24.3. The number of nitrogens with zero attached hydrogens (tertiary/aromatic N) is 2. The maximum Gasteiger partial charge on any atom is 0.394 e. The first-order valence-electron chi connectivity index (χ1n) is 14.0. The lowest BCUT2D eigenvalue weighted by Crippen LogP contribution is -2.34. The molecule has 4 aromatic carbocycles. The Morgan fingerprint density at radius 3 is 2.10 bits per heavy atom. The van der Waals surface area contributed by atoms with Crippen LogP contribution in [0, 0.1) is 11.2 Å². The summed E-state index contributed by atoms with van der Waals surface area (Å²) in [6.07, 6.45) is -2.67. The van der Waals surface area contributed by atoms with E-state index in [1.54, 1.807) is 24.4 Å². The van der Waals surface area contributed by atoms with Crippen LogP contribution in [0.3, 0.4) is 0 Å². The second kappa shape index (κ2) is 9.69. The molecule has 0 N–H and O–H groups in total. The van der Waals surface area contributed by atoms with Gasteiger partial charge in [-0.15, -0.1) is 0 Å². The summed E-state index contributed by atoms with van der Waals surface area (Å²) in [5, 5.41) is 4.01. The lowest BCUT2D eigenvalue weighted by Gasteiger charge is -2.27. The van der Waals surface area contributed by atoms with Crippen molar-refractivity contribution in [1.29, 1.82) is 0 Å². The minimum atomic E-state index is -4.33. The van der Waals surface area contributed by atoms with E-state index in [2.05, 4.69) is 45.0 Å². The minimum Gasteiger partial charge on any atom is -0.308 e. The van der Waals surface area contributed by atoms with Crippen LogP contribution in [0.2, 0.25) is 0 Å². The van der Waals surface area contributed by atoms with Crippen LogP contribution in [0.15, 0.2) is 91.1 Å². The van der Waals surface area contributed by atoms with Gasteiger partial charge in [-0.2, -0.15) is 13.2 Å². The molecule has 0 saturated carbocycles. The highest BCUT2D eigenvalue weighted by atomic mass is 19.4. The van der Waals surface area contributed by atoms with Crippen LogP contribution in [-0.4, -0.2) is 15.7 Å². The lowest BCUT2D eigenvalue weighted by molar-refractivity contribution is -0.211. The zero-order valence-electron chi connectivity index (χ0n) is 24.3. The van der Waals surface area contributed by atoms with E-state index in [-0.39, 0.29) is 17.7 Å². The highest BCUT2D eigenvalue weighted by molar-refractivity contribution is 6.10. The van der Waals surface area contributed by atoms with Gasteiger partial charge in [-0.25, -0.2) is 4.39 Å². The number of aromatic nitrogens is 2. The quantitative estimate of drug-likeness (QED) is 0.193. The third kappa shape index (κ3) is 4.83. The van der Waals surface area contributed by atoms with Crippen LogP contribution >= 0.6 is 0 Å². The molecule has 42 heavy (non-hydrogen) atoms. The first kappa shape index (κ1) is 28.0. The average Bonchev–Trinajstić information content (AvgIpc) is 3.24. The van der Waals surface area contributed by atoms with E-state index >= 15 is 0 Å². The van der Waals surface area contributed by atoms with Gasteiger partial charge in [0.1, 0.15) is 5.82 Å². The molecule has 0 aliphatic rings. The molecule has 0 saturated heterocycles. The molecule has 6 heteroatoms. The highest BCUT2D eigenvalue weighted by Gasteiger charge is 2.47. The third-order valence-corrected chi connectivity index (χ3v) is 8.18. The number of hydrogen-bond acceptors (Lipinski definition) is 1. The minimum absolute atomic E-state index is 0.0987. The van der Waals surface area contributed by atoms with Crippen LogP contribution in [0.4, 0.5) is 17.6 Å². The van der Waals surface area contributed by atoms with E-state index in [1.165, 1.54) is 36.9 Å². The molecule has 0 fully saturated rings. The Bertz CT molecular complexity index is 1960. The Balaban J connectivity index is 1.60. The van der Waals surface area contributed by atoms with Gasteiger partial charge < -0.3 is 4.57 Å². The Labute approximate surface area is 242 Å². The normalized spacial score (nSPS) is 13.0. The molecular weight excluding hydrogens is 536 g/mol. The van der Waals surface area contributed by atoms with Crippen molar-refractivity contribution in [1.82, 2.24) is 9.55 Å². The van der Waals surface area contributed by atoms with Gasteiger partial charge in [-0.1, -0.05) is 65.0 Å². The molecular formula is C36H32F4N2. The molecule has 6 rings (SSSR count). The molecule has 0 aliphatic heterocycles. The van der Waals surface area contributed by atoms with Gasteiger partial charge in [-0.3, -0.25) is 4.98 Å². The van der Waals surface area contributed by atoms with E-state index < -0.39 is 11.6 Å². The molecule has 0 unspecified atom stereocenters. The van der Waals surface area contributed by atoms with Gasteiger partial charge in [0, 0.05) is 22.0 Å². The standard InChI is InChI=1S/C36H32F4N2/c1-34(2,3)30-18-24(17-23-8-6-7-9-27(23)30)31-19-29-28-16-22(20-35(4,5)36(38,39)40)10-15-32(28)42(33(29)21-41-31)26-13-11-25(37)12-14-26/h6-19,21H,20H2,1-5H3. The second-order valence-corrected chi connectivity index (χ2v) is 12.8. The molecule has 2 heterocycles. The van der Waals surface area contributed by atoms with Gasteiger partial charge in [-0.05, 0) is 88.3 Å². The molecule has 0 amide bonds. The zero-order chi connectivity index (χ0) is 30.0. The Kier molecular flexibility index (Phi) is 6.45. The van der Waals surface area contributed by atoms with E-state index in [0.29, 0.717) is 5.56 Å².